The summed E-state index contributed by atoms with van der Waals surface area (Å²) < 4.78 is 9.79. The maximum absolute atomic E-state index is 11.6. The second-order valence-electron chi connectivity index (χ2n) is 3.89. The van der Waals surface area contributed by atoms with Crippen LogP contribution in [0.5, 0.6) is 0 Å². The molecule has 0 radical (unpaired) electrons. The number of carboxylic acid groups (broad SMARTS) is 1. The summed E-state index contributed by atoms with van der Waals surface area (Å²) in [5.41, 5.74) is 5.38. The Morgan fingerprint density at radius 3 is 2.50 bits per heavy atom. The summed E-state index contributed by atoms with van der Waals surface area (Å²) in [4.78, 5) is 22.5. The quantitative estimate of drug-likeness (QED) is 0.451. The Balaban J connectivity index is 4.14. The predicted octanol–water partition coefficient (Wildman–Crippen LogP) is -0.654. The minimum Gasteiger partial charge on any atom is -0.480 e. The van der Waals surface area contributed by atoms with Crippen LogP contribution in [0.3, 0.4) is 0 Å². The molecule has 0 aromatic rings. The number of hydrogen-bond acceptors (Lipinski definition) is 5. The first-order valence-electron chi connectivity index (χ1n) is 5.79. The zero-order chi connectivity index (χ0) is 14.0. The Kier molecular flexibility index (Phi) is 9.17. The highest BCUT2D eigenvalue weighted by atomic mass is 16.5. The number of nitrogens with one attached hydrogen (secondary N) is 1. The van der Waals surface area contributed by atoms with E-state index < -0.39 is 18.1 Å². The van der Waals surface area contributed by atoms with Crippen LogP contribution >= 0.6 is 0 Å². The number of ether oxygens (including phenoxy) is 2. The number of nitrogens with two attached hydrogens (primary N) is 1. The first-order chi connectivity index (χ1) is 8.54. The van der Waals surface area contributed by atoms with E-state index in [1.165, 1.54) is 7.11 Å². The lowest BCUT2D eigenvalue weighted by atomic mass is 10.1. The van der Waals surface area contributed by atoms with Gasteiger partial charge >= 0.3 is 5.97 Å². The summed E-state index contributed by atoms with van der Waals surface area (Å²) in [6, 6.07) is -0.900. The second kappa shape index (κ2) is 9.81. The Morgan fingerprint density at radius 2 is 2.06 bits per heavy atom. The van der Waals surface area contributed by atoms with Gasteiger partial charge in [-0.15, -0.1) is 0 Å². The van der Waals surface area contributed by atoms with E-state index in [2.05, 4.69) is 5.32 Å². The molecule has 0 aliphatic carbocycles. The molecule has 106 valence electrons. The lowest BCUT2D eigenvalue weighted by Gasteiger charge is -2.17. The van der Waals surface area contributed by atoms with Gasteiger partial charge in [-0.25, -0.2) is 4.79 Å². The van der Waals surface area contributed by atoms with Gasteiger partial charge in [0, 0.05) is 27.4 Å². The van der Waals surface area contributed by atoms with Crippen molar-refractivity contribution in [3.05, 3.63) is 0 Å². The van der Waals surface area contributed by atoms with E-state index in [0.717, 1.165) is 0 Å². The van der Waals surface area contributed by atoms with Crippen molar-refractivity contribution < 1.29 is 24.2 Å². The first-order valence-corrected chi connectivity index (χ1v) is 5.79. The van der Waals surface area contributed by atoms with Crippen LogP contribution in [-0.4, -0.2) is 56.5 Å². The van der Waals surface area contributed by atoms with E-state index in [0.29, 0.717) is 19.4 Å². The van der Waals surface area contributed by atoms with Crippen molar-refractivity contribution in [3.8, 4) is 0 Å². The van der Waals surface area contributed by atoms with E-state index in [9.17, 15) is 9.59 Å². The fourth-order valence-electron chi connectivity index (χ4n) is 1.41. The summed E-state index contributed by atoms with van der Waals surface area (Å²) in [6.07, 6.45) is 0.563. The lowest BCUT2D eigenvalue weighted by molar-refractivity contribution is -0.142. The number of aliphatic carboxylic acids is 1. The van der Waals surface area contributed by atoms with E-state index in [-0.39, 0.29) is 18.9 Å². The third-order valence-electron chi connectivity index (χ3n) is 2.48. The van der Waals surface area contributed by atoms with E-state index in [1.807, 2.05) is 0 Å². The van der Waals surface area contributed by atoms with Crippen molar-refractivity contribution >= 4 is 11.9 Å². The molecule has 0 heterocycles. The molecule has 0 bridgehead atoms. The Bertz CT molecular complexity index is 256. The molecule has 0 aliphatic rings. The largest absolute Gasteiger partial charge is 0.480 e. The fraction of sp³-hybridized carbons (Fsp3) is 0.818. The smallest absolute Gasteiger partial charge is 0.326 e. The monoisotopic (exact) mass is 262 g/mol. The number of amides is 1. The minimum atomic E-state index is -1.05. The van der Waals surface area contributed by atoms with Crippen LogP contribution < -0.4 is 11.1 Å². The van der Waals surface area contributed by atoms with Gasteiger partial charge < -0.3 is 25.6 Å². The molecule has 1 amide bonds. The van der Waals surface area contributed by atoms with Gasteiger partial charge in [0.2, 0.25) is 5.91 Å². The van der Waals surface area contributed by atoms with Crippen LogP contribution in [0.4, 0.5) is 0 Å². The third kappa shape index (κ3) is 7.21. The number of hydrogen-bond donors (Lipinski definition) is 3. The highest BCUT2D eigenvalue weighted by Crippen LogP contribution is 2.01. The SMILES string of the molecule is COCCCC(NC(=O)CC(CN)OC)C(=O)O. The summed E-state index contributed by atoms with van der Waals surface area (Å²) in [5, 5.41) is 11.4. The summed E-state index contributed by atoms with van der Waals surface area (Å²) in [6.45, 7) is 0.675. The molecule has 7 nitrogen and oxygen atoms in total. The van der Waals surface area contributed by atoms with Crippen LogP contribution in [-0.2, 0) is 19.1 Å². The molecule has 0 aromatic heterocycles. The van der Waals surface area contributed by atoms with Gasteiger partial charge in [-0.3, -0.25) is 4.79 Å². The van der Waals surface area contributed by atoms with E-state index >= 15 is 0 Å². The number of methoxy groups -OCH3 is 2. The summed E-state index contributed by atoms with van der Waals surface area (Å²) in [7, 11) is 3.00. The minimum absolute atomic E-state index is 0.0566. The standard InChI is InChI=1S/C11H22N2O5/c1-17-5-3-4-9(11(15)16)13-10(14)6-8(7-12)18-2/h8-9H,3-7,12H2,1-2H3,(H,13,14)(H,15,16). The summed E-state index contributed by atoms with van der Waals surface area (Å²) >= 11 is 0. The summed E-state index contributed by atoms with van der Waals surface area (Å²) in [5.74, 6) is -1.43. The number of carbonyl (C=O) groups is 2. The molecule has 2 unspecified atom stereocenters. The highest BCUT2D eigenvalue weighted by Gasteiger charge is 2.21. The Hall–Kier alpha value is -1.18. The molecular weight excluding hydrogens is 240 g/mol. The zero-order valence-corrected chi connectivity index (χ0v) is 10.8. The van der Waals surface area contributed by atoms with Crippen LogP contribution in [0.2, 0.25) is 0 Å². The lowest BCUT2D eigenvalue weighted by Crippen LogP contribution is -2.43. The van der Waals surface area contributed by atoms with Crippen molar-refractivity contribution in [2.24, 2.45) is 5.73 Å². The number of carboxylic acids is 1. The van der Waals surface area contributed by atoms with Crippen LogP contribution in [0.1, 0.15) is 19.3 Å². The van der Waals surface area contributed by atoms with Crippen LogP contribution in [0, 0.1) is 0 Å². The Morgan fingerprint density at radius 1 is 1.39 bits per heavy atom. The van der Waals surface area contributed by atoms with Crippen molar-refractivity contribution in [2.75, 3.05) is 27.4 Å². The molecule has 0 saturated heterocycles. The maximum Gasteiger partial charge on any atom is 0.326 e. The van der Waals surface area contributed by atoms with E-state index in [4.69, 9.17) is 20.3 Å². The Labute approximate surface area is 107 Å². The number of rotatable bonds is 10. The predicted molar refractivity (Wildman–Crippen MR) is 65.1 cm³/mol. The molecule has 0 aromatic carbocycles. The average Bonchev–Trinajstić information content (AvgIpc) is 2.34. The van der Waals surface area contributed by atoms with Crippen molar-refractivity contribution in [3.63, 3.8) is 0 Å². The van der Waals surface area contributed by atoms with Gasteiger partial charge in [-0.1, -0.05) is 0 Å². The average molecular weight is 262 g/mol. The molecule has 0 saturated carbocycles. The van der Waals surface area contributed by atoms with Crippen molar-refractivity contribution in [1.29, 1.82) is 0 Å². The molecule has 2 atom stereocenters. The fourth-order valence-corrected chi connectivity index (χ4v) is 1.41. The normalized spacial score (nSPS) is 13.9. The van der Waals surface area contributed by atoms with Gasteiger partial charge in [0.1, 0.15) is 6.04 Å². The first kappa shape index (κ1) is 16.8. The van der Waals surface area contributed by atoms with Gasteiger partial charge in [-0.05, 0) is 12.8 Å². The molecule has 4 N–H and O–H groups in total. The van der Waals surface area contributed by atoms with Gasteiger partial charge in [0.05, 0.1) is 12.5 Å². The topological polar surface area (TPSA) is 111 Å². The molecule has 7 heteroatoms. The molecule has 18 heavy (non-hydrogen) atoms. The van der Waals surface area contributed by atoms with E-state index in [1.54, 1.807) is 7.11 Å². The molecule has 0 aliphatic heterocycles. The van der Waals surface area contributed by atoms with Crippen molar-refractivity contribution in [2.45, 2.75) is 31.4 Å². The van der Waals surface area contributed by atoms with Gasteiger partial charge in [-0.2, -0.15) is 0 Å². The van der Waals surface area contributed by atoms with Gasteiger partial charge in [0.25, 0.3) is 0 Å². The highest BCUT2D eigenvalue weighted by molar-refractivity contribution is 5.83. The molecular formula is C11H22N2O5. The molecule has 0 spiro atoms. The molecule has 0 rings (SSSR count). The van der Waals surface area contributed by atoms with Crippen LogP contribution in [0.15, 0.2) is 0 Å². The number of carbonyl (C=O) groups excluding carboxylic acids is 1. The van der Waals surface area contributed by atoms with Crippen LogP contribution in [0.25, 0.3) is 0 Å². The van der Waals surface area contributed by atoms with Crippen molar-refractivity contribution in [1.82, 2.24) is 5.32 Å². The second-order valence-corrected chi connectivity index (χ2v) is 3.89. The third-order valence-corrected chi connectivity index (χ3v) is 2.48. The zero-order valence-electron chi connectivity index (χ0n) is 10.8. The maximum atomic E-state index is 11.6. The molecule has 0 fully saturated rings. The van der Waals surface area contributed by atoms with Gasteiger partial charge in [0.15, 0.2) is 0 Å².